The lowest BCUT2D eigenvalue weighted by molar-refractivity contribution is -0.000112. The maximum atomic E-state index is 12.8. The molecule has 0 spiro atoms. The molecular formula is C25H31ClN2O5. The summed E-state index contributed by atoms with van der Waals surface area (Å²) in [7, 11) is 0. The van der Waals surface area contributed by atoms with Crippen molar-refractivity contribution in [3.63, 3.8) is 0 Å². The van der Waals surface area contributed by atoms with Gasteiger partial charge in [-0.1, -0.05) is 41.9 Å². The average molecular weight is 475 g/mol. The SMILES string of the molecule is CC(C)(C)OC(=O)N1CCN(C(=O)O)CC1Cc1ccccc1OCCc1cccc(Cl)c1. The van der Waals surface area contributed by atoms with Crippen LogP contribution >= 0.6 is 11.6 Å². The lowest BCUT2D eigenvalue weighted by atomic mass is 10.0. The fourth-order valence-corrected chi connectivity index (χ4v) is 4.02. The third-order valence-electron chi connectivity index (χ3n) is 5.35. The number of amides is 2. The summed E-state index contributed by atoms with van der Waals surface area (Å²) in [6, 6.07) is 15.0. The summed E-state index contributed by atoms with van der Waals surface area (Å²) >= 11 is 6.06. The number of benzene rings is 2. The normalized spacial score (nSPS) is 16.4. The number of rotatable bonds is 6. The molecule has 1 N–H and O–H groups in total. The molecule has 0 aliphatic carbocycles. The van der Waals surface area contributed by atoms with E-state index in [9.17, 15) is 14.7 Å². The van der Waals surface area contributed by atoms with Gasteiger partial charge in [-0.05, 0) is 56.5 Å². The second-order valence-corrected chi connectivity index (χ2v) is 9.53. The molecule has 2 aromatic carbocycles. The molecule has 1 fully saturated rings. The van der Waals surface area contributed by atoms with Crippen LogP contribution in [0.25, 0.3) is 0 Å². The monoisotopic (exact) mass is 474 g/mol. The van der Waals surface area contributed by atoms with Gasteiger partial charge in [0.1, 0.15) is 11.4 Å². The molecule has 2 aromatic rings. The molecule has 1 aliphatic heterocycles. The van der Waals surface area contributed by atoms with Gasteiger partial charge in [0.05, 0.1) is 12.6 Å². The molecule has 1 unspecified atom stereocenters. The van der Waals surface area contributed by atoms with Gasteiger partial charge in [-0.3, -0.25) is 0 Å². The number of carbonyl (C=O) groups excluding carboxylic acids is 1. The Morgan fingerprint density at radius 1 is 1.12 bits per heavy atom. The molecule has 0 bridgehead atoms. The van der Waals surface area contributed by atoms with E-state index in [4.69, 9.17) is 21.1 Å². The van der Waals surface area contributed by atoms with Crippen LogP contribution in [0.5, 0.6) is 5.75 Å². The van der Waals surface area contributed by atoms with Crippen LogP contribution in [0.3, 0.4) is 0 Å². The zero-order valence-corrected chi connectivity index (χ0v) is 20.0. The number of ether oxygens (including phenoxy) is 2. The van der Waals surface area contributed by atoms with Crippen LogP contribution in [0.15, 0.2) is 48.5 Å². The van der Waals surface area contributed by atoms with Crippen LogP contribution in [-0.4, -0.2) is 65.0 Å². The molecule has 8 heteroatoms. The van der Waals surface area contributed by atoms with Gasteiger partial charge in [0.25, 0.3) is 0 Å². The number of carbonyl (C=O) groups is 2. The molecule has 1 heterocycles. The highest BCUT2D eigenvalue weighted by molar-refractivity contribution is 6.30. The zero-order chi connectivity index (χ0) is 24.0. The van der Waals surface area contributed by atoms with E-state index in [1.54, 1.807) is 4.90 Å². The molecule has 0 aromatic heterocycles. The number of piperazine rings is 1. The van der Waals surface area contributed by atoms with Gasteiger partial charge < -0.3 is 24.4 Å². The third-order valence-corrected chi connectivity index (χ3v) is 5.58. The first kappa shape index (κ1) is 24.7. The summed E-state index contributed by atoms with van der Waals surface area (Å²) in [6.45, 7) is 6.67. The fourth-order valence-electron chi connectivity index (χ4n) is 3.80. The molecule has 1 saturated heterocycles. The van der Waals surface area contributed by atoms with Gasteiger partial charge in [-0.25, -0.2) is 9.59 Å². The molecule has 1 aliphatic rings. The van der Waals surface area contributed by atoms with Crippen molar-refractivity contribution in [1.82, 2.24) is 9.80 Å². The van der Waals surface area contributed by atoms with Crippen LogP contribution in [0.1, 0.15) is 31.9 Å². The number of para-hydroxylation sites is 1. The lowest BCUT2D eigenvalue weighted by Gasteiger charge is -2.41. The van der Waals surface area contributed by atoms with Crippen molar-refractivity contribution in [1.29, 1.82) is 0 Å². The van der Waals surface area contributed by atoms with Crippen molar-refractivity contribution >= 4 is 23.8 Å². The topological polar surface area (TPSA) is 79.3 Å². The first-order valence-corrected chi connectivity index (χ1v) is 11.4. The van der Waals surface area contributed by atoms with Crippen molar-refractivity contribution in [3.8, 4) is 5.75 Å². The highest BCUT2D eigenvalue weighted by Gasteiger charge is 2.35. The average Bonchev–Trinajstić information content (AvgIpc) is 2.73. The first-order valence-electron chi connectivity index (χ1n) is 11.0. The van der Waals surface area contributed by atoms with Gasteiger partial charge in [0.2, 0.25) is 0 Å². The summed E-state index contributed by atoms with van der Waals surface area (Å²) in [4.78, 5) is 27.4. The summed E-state index contributed by atoms with van der Waals surface area (Å²) < 4.78 is 11.6. The number of nitrogens with zero attached hydrogens (tertiary/aromatic N) is 2. The summed E-state index contributed by atoms with van der Waals surface area (Å²) in [5.41, 5.74) is 1.36. The Bertz CT molecular complexity index is 975. The smallest absolute Gasteiger partial charge is 0.410 e. The van der Waals surface area contributed by atoms with E-state index < -0.39 is 17.8 Å². The van der Waals surface area contributed by atoms with Gasteiger partial charge in [0, 0.05) is 31.1 Å². The Morgan fingerprint density at radius 3 is 2.58 bits per heavy atom. The molecule has 2 amide bonds. The van der Waals surface area contributed by atoms with Gasteiger partial charge in [-0.2, -0.15) is 0 Å². The molecule has 3 rings (SSSR count). The van der Waals surface area contributed by atoms with Gasteiger partial charge in [-0.15, -0.1) is 0 Å². The predicted octanol–water partition coefficient (Wildman–Crippen LogP) is 5.10. The predicted molar refractivity (Wildman–Crippen MR) is 127 cm³/mol. The van der Waals surface area contributed by atoms with Crippen molar-refractivity contribution in [3.05, 3.63) is 64.7 Å². The van der Waals surface area contributed by atoms with E-state index in [0.29, 0.717) is 24.5 Å². The van der Waals surface area contributed by atoms with E-state index in [0.717, 1.165) is 16.9 Å². The quantitative estimate of drug-likeness (QED) is 0.629. The minimum atomic E-state index is -0.991. The van der Waals surface area contributed by atoms with Crippen LogP contribution in [-0.2, 0) is 17.6 Å². The molecular weight excluding hydrogens is 444 g/mol. The Labute approximate surface area is 199 Å². The lowest BCUT2D eigenvalue weighted by Crippen LogP contribution is -2.57. The summed E-state index contributed by atoms with van der Waals surface area (Å²) in [5, 5.41) is 10.2. The van der Waals surface area contributed by atoms with E-state index in [1.807, 2.05) is 69.3 Å². The number of hydrogen-bond acceptors (Lipinski definition) is 4. The maximum absolute atomic E-state index is 12.8. The molecule has 7 nitrogen and oxygen atoms in total. The first-order chi connectivity index (χ1) is 15.6. The second kappa shape index (κ2) is 10.8. The second-order valence-electron chi connectivity index (χ2n) is 9.10. The van der Waals surface area contributed by atoms with E-state index in [-0.39, 0.29) is 25.7 Å². The largest absolute Gasteiger partial charge is 0.493 e. The minimum Gasteiger partial charge on any atom is -0.493 e. The fraction of sp³-hybridized carbons (Fsp3) is 0.440. The van der Waals surface area contributed by atoms with Crippen LogP contribution < -0.4 is 4.74 Å². The number of hydrogen-bond donors (Lipinski definition) is 1. The highest BCUT2D eigenvalue weighted by Crippen LogP contribution is 2.25. The minimum absolute atomic E-state index is 0.214. The van der Waals surface area contributed by atoms with E-state index >= 15 is 0 Å². The van der Waals surface area contributed by atoms with Crippen molar-refractivity contribution in [2.45, 2.75) is 45.3 Å². The van der Waals surface area contributed by atoms with Gasteiger partial charge >= 0.3 is 12.2 Å². The number of halogens is 1. The molecule has 33 heavy (non-hydrogen) atoms. The highest BCUT2D eigenvalue weighted by atomic mass is 35.5. The summed E-state index contributed by atoms with van der Waals surface area (Å²) in [5.74, 6) is 0.719. The zero-order valence-electron chi connectivity index (χ0n) is 19.3. The Hall–Kier alpha value is -2.93. The van der Waals surface area contributed by atoms with Crippen LogP contribution in [0.2, 0.25) is 5.02 Å². The Balaban J connectivity index is 1.72. The maximum Gasteiger partial charge on any atom is 0.410 e. The van der Waals surface area contributed by atoms with E-state index in [1.165, 1.54) is 4.90 Å². The summed E-state index contributed by atoms with van der Waals surface area (Å²) in [6.07, 6.45) is -0.266. The molecule has 1 atom stereocenters. The Kier molecular flexibility index (Phi) is 8.08. The van der Waals surface area contributed by atoms with Crippen molar-refractivity contribution < 1.29 is 24.2 Å². The molecule has 178 valence electrons. The van der Waals surface area contributed by atoms with E-state index in [2.05, 4.69) is 0 Å². The number of carboxylic acid groups (broad SMARTS) is 1. The molecule has 0 radical (unpaired) electrons. The van der Waals surface area contributed by atoms with Gasteiger partial charge in [0.15, 0.2) is 0 Å². The Morgan fingerprint density at radius 2 is 1.88 bits per heavy atom. The van der Waals surface area contributed by atoms with Crippen LogP contribution in [0.4, 0.5) is 9.59 Å². The third kappa shape index (κ3) is 7.29. The van der Waals surface area contributed by atoms with Crippen LogP contribution in [0, 0.1) is 0 Å². The molecule has 0 saturated carbocycles. The van der Waals surface area contributed by atoms with Crippen molar-refractivity contribution in [2.24, 2.45) is 0 Å². The van der Waals surface area contributed by atoms with Crippen molar-refractivity contribution in [2.75, 3.05) is 26.2 Å². The standard InChI is InChI=1S/C25H31ClN2O5/c1-25(2,3)33-24(31)28-13-12-27(23(29)30)17-21(28)16-19-8-4-5-10-22(19)32-14-11-18-7-6-9-20(26)15-18/h4-10,15,21H,11-14,16-17H2,1-3H3,(H,29,30).